The van der Waals surface area contributed by atoms with Crippen LogP contribution >= 0.6 is 0 Å². The molecule has 3 aromatic rings. The van der Waals surface area contributed by atoms with Crippen LogP contribution in [0.2, 0.25) is 0 Å². The lowest BCUT2D eigenvalue weighted by Gasteiger charge is -2.28. The van der Waals surface area contributed by atoms with E-state index < -0.39 is 24.3 Å². The third kappa shape index (κ3) is 4.00. The molecule has 1 atom stereocenters. The molecule has 1 aromatic carbocycles. The zero-order valence-electron chi connectivity index (χ0n) is 16.3. The Morgan fingerprint density at radius 1 is 1.20 bits per heavy atom. The monoisotopic (exact) mass is 419 g/mol. The van der Waals surface area contributed by atoms with Crippen LogP contribution in [-0.2, 0) is 17.9 Å². The first kappa shape index (κ1) is 20.3. The molecule has 0 N–H and O–H groups in total. The number of benzene rings is 1. The summed E-state index contributed by atoms with van der Waals surface area (Å²) in [6, 6.07) is 7.65. The first-order valence-electron chi connectivity index (χ1n) is 9.51. The lowest BCUT2D eigenvalue weighted by molar-refractivity contribution is -0.141. The third-order valence-electron chi connectivity index (χ3n) is 5.04. The topological polar surface area (TPSA) is 73.1 Å². The highest BCUT2D eigenvalue weighted by atomic mass is 19.4. The molecule has 30 heavy (non-hydrogen) atoms. The summed E-state index contributed by atoms with van der Waals surface area (Å²) in [5.74, 6) is 1.14. The van der Waals surface area contributed by atoms with Crippen molar-refractivity contribution in [2.75, 3.05) is 18.6 Å². The van der Waals surface area contributed by atoms with Crippen molar-refractivity contribution < 1.29 is 17.9 Å². The Labute approximate surface area is 170 Å². The number of hydrogen-bond acceptors (Lipinski definition) is 6. The van der Waals surface area contributed by atoms with Crippen molar-refractivity contribution in [3.8, 4) is 0 Å². The number of para-hydroxylation sites is 1. The number of anilines is 1. The van der Waals surface area contributed by atoms with Gasteiger partial charge in [0.05, 0.1) is 16.9 Å². The van der Waals surface area contributed by atoms with Crippen molar-refractivity contribution in [2.45, 2.75) is 38.2 Å². The quantitative estimate of drug-likeness (QED) is 0.632. The van der Waals surface area contributed by atoms with E-state index >= 15 is 0 Å². The van der Waals surface area contributed by atoms with Gasteiger partial charge in [-0.15, -0.1) is 0 Å². The molecular weight excluding hydrogens is 399 g/mol. The molecule has 4 rings (SSSR count). The average molecular weight is 419 g/mol. The molecular formula is C20H20F3N5O2. The van der Waals surface area contributed by atoms with E-state index in [0.717, 1.165) is 11.0 Å². The molecule has 1 aliphatic rings. The molecule has 1 fully saturated rings. The van der Waals surface area contributed by atoms with Gasteiger partial charge in [-0.2, -0.15) is 13.2 Å². The van der Waals surface area contributed by atoms with Gasteiger partial charge >= 0.3 is 6.18 Å². The molecule has 158 valence electrons. The minimum atomic E-state index is -4.55. The van der Waals surface area contributed by atoms with E-state index in [-0.39, 0.29) is 17.8 Å². The van der Waals surface area contributed by atoms with Crippen molar-refractivity contribution in [3.63, 3.8) is 0 Å². The fourth-order valence-corrected chi connectivity index (χ4v) is 3.83. The molecule has 1 saturated heterocycles. The number of methoxy groups -OCH3 is 1. The first-order valence-corrected chi connectivity index (χ1v) is 9.51. The van der Waals surface area contributed by atoms with Gasteiger partial charge in [0, 0.05) is 19.9 Å². The second-order valence-electron chi connectivity index (χ2n) is 7.11. The first-order chi connectivity index (χ1) is 14.4. The minimum absolute atomic E-state index is 0.0976. The summed E-state index contributed by atoms with van der Waals surface area (Å²) in [6.45, 7) is -0.579. The second kappa shape index (κ2) is 8.02. The fourth-order valence-electron chi connectivity index (χ4n) is 3.83. The highest BCUT2D eigenvalue weighted by molar-refractivity contribution is 5.77. The molecule has 0 bridgehead atoms. The number of hydrogen-bond donors (Lipinski definition) is 0. The van der Waals surface area contributed by atoms with Crippen LogP contribution in [0.3, 0.4) is 0 Å². The zero-order valence-corrected chi connectivity index (χ0v) is 16.3. The fraction of sp³-hybridized carbons (Fsp3) is 0.400. The summed E-state index contributed by atoms with van der Waals surface area (Å²) in [6.07, 6.45) is -1.66. The average Bonchev–Trinajstić information content (AvgIpc) is 3.19. The van der Waals surface area contributed by atoms with E-state index in [2.05, 4.69) is 15.0 Å². The molecule has 10 heteroatoms. The number of aromatic nitrogens is 4. The van der Waals surface area contributed by atoms with Gasteiger partial charge in [-0.05, 0) is 31.0 Å². The van der Waals surface area contributed by atoms with Gasteiger partial charge < -0.3 is 9.64 Å². The van der Waals surface area contributed by atoms with Crippen LogP contribution in [0, 0.1) is 0 Å². The van der Waals surface area contributed by atoms with Crippen LogP contribution in [0.15, 0.2) is 41.3 Å². The van der Waals surface area contributed by atoms with E-state index in [1.54, 1.807) is 30.5 Å². The van der Waals surface area contributed by atoms with E-state index in [1.165, 1.54) is 13.2 Å². The van der Waals surface area contributed by atoms with Gasteiger partial charge in [0.25, 0.3) is 5.56 Å². The standard InChI is InChI=1S/C20H20F3N5O2/c1-30-11-16-24-9-8-17(26-16)27-10-4-7-15(27)18-25-14-6-3-2-5-13(14)19(29)28(18)12-20(21,22)23/h2-3,5-6,8-9,15H,4,7,10-12H2,1H3. The lowest BCUT2D eigenvalue weighted by atomic mass is 10.1. The summed E-state index contributed by atoms with van der Waals surface area (Å²) in [4.78, 5) is 27.9. The van der Waals surface area contributed by atoms with Gasteiger partial charge in [0.15, 0.2) is 5.82 Å². The molecule has 2 aromatic heterocycles. The van der Waals surface area contributed by atoms with Gasteiger partial charge in [-0.3, -0.25) is 9.36 Å². The van der Waals surface area contributed by atoms with Crippen molar-refractivity contribution in [1.29, 1.82) is 0 Å². The molecule has 1 aliphatic heterocycles. The lowest BCUT2D eigenvalue weighted by Crippen LogP contribution is -2.36. The summed E-state index contributed by atoms with van der Waals surface area (Å²) in [7, 11) is 1.53. The number of nitrogens with zero attached hydrogens (tertiary/aromatic N) is 5. The normalized spacial score (nSPS) is 17.1. The summed E-state index contributed by atoms with van der Waals surface area (Å²) < 4.78 is 45.8. The molecule has 1 unspecified atom stereocenters. The van der Waals surface area contributed by atoms with Crippen LogP contribution in [0.25, 0.3) is 10.9 Å². The number of alkyl halides is 3. The highest BCUT2D eigenvalue weighted by Crippen LogP contribution is 2.35. The Kier molecular flexibility index (Phi) is 5.42. The largest absolute Gasteiger partial charge is 0.406 e. The van der Waals surface area contributed by atoms with Gasteiger partial charge in [0.2, 0.25) is 0 Å². The van der Waals surface area contributed by atoms with Crippen molar-refractivity contribution >= 4 is 16.7 Å². The Morgan fingerprint density at radius 2 is 2.00 bits per heavy atom. The van der Waals surface area contributed by atoms with Gasteiger partial charge in [-0.25, -0.2) is 15.0 Å². The number of ether oxygens (including phenoxy) is 1. The van der Waals surface area contributed by atoms with E-state index in [4.69, 9.17) is 4.74 Å². The smallest absolute Gasteiger partial charge is 0.377 e. The molecule has 3 heterocycles. The predicted octanol–water partition coefficient (Wildman–Crippen LogP) is 3.24. The van der Waals surface area contributed by atoms with Crippen LogP contribution in [0.4, 0.5) is 19.0 Å². The maximum Gasteiger partial charge on any atom is 0.406 e. The van der Waals surface area contributed by atoms with Crippen LogP contribution < -0.4 is 10.5 Å². The van der Waals surface area contributed by atoms with Crippen LogP contribution in [-0.4, -0.2) is 39.3 Å². The van der Waals surface area contributed by atoms with E-state index in [0.29, 0.717) is 30.1 Å². The van der Waals surface area contributed by atoms with Crippen molar-refractivity contribution in [2.24, 2.45) is 0 Å². The molecule has 0 saturated carbocycles. The summed E-state index contributed by atoms with van der Waals surface area (Å²) in [5, 5.41) is 0.166. The Balaban J connectivity index is 1.83. The van der Waals surface area contributed by atoms with E-state index in [9.17, 15) is 18.0 Å². The molecule has 0 spiro atoms. The Morgan fingerprint density at radius 3 is 2.77 bits per heavy atom. The number of rotatable bonds is 5. The summed E-state index contributed by atoms with van der Waals surface area (Å²) >= 11 is 0. The molecule has 0 radical (unpaired) electrons. The van der Waals surface area contributed by atoms with Gasteiger partial charge in [0.1, 0.15) is 24.8 Å². The van der Waals surface area contributed by atoms with Crippen LogP contribution in [0.1, 0.15) is 30.5 Å². The molecule has 7 nitrogen and oxygen atoms in total. The predicted molar refractivity (Wildman–Crippen MR) is 104 cm³/mol. The SMILES string of the molecule is COCc1nccc(N2CCCC2c2nc3ccccc3c(=O)n2CC(F)(F)F)n1. The van der Waals surface area contributed by atoms with E-state index in [1.807, 2.05) is 4.90 Å². The Hall–Kier alpha value is -3.01. The highest BCUT2D eigenvalue weighted by Gasteiger charge is 2.35. The number of fused-ring (bicyclic) bond motifs is 1. The Bertz CT molecular complexity index is 1120. The van der Waals surface area contributed by atoms with Crippen molar-refractivity contribution in [1.82, 2.24) is 19.5 Å². The summed E-state index contributed by atoms with van der Waals surface area (Å²) in [5.41, 5.74) is -0.312. The van der Waals surface area contributed by atoms with Gasteiger partial charge in [-0.1, -0.05) is 12.1 Å². The maximum absolute atomic E-state index is 13.3. The third-order valence-corrected chi connectivity index (χ3v) is 5.04. The molecule has 0 amide bonds. The second-order valence-corrected chi connectivity index (χ2v) is 7.11. The van der Waals surface area contributed by atoms with Crippen molar-refractivity contribution in [3.05, 3.63) is 58.5 Å². The van der Waals surface area contributed by atoms with Crippen LogP contribution in [0.5, 0.6) is 0 Å². The molecule has 0 aliphatic carbocycles. The zero-order chi connectivity index (χ0) is 21.3. The minimum Gasteiger partial charge on any atom is -0.377 e. The number of halogens is 3. The maximum atomic E-state index is 13.3.